The van der Waals surface area contributed by atoms with E-state index in [1.54, 1.807) is 12.1 Å². The zero-order chi connectivity index (χ0) is 14.8. The summed E-state index contributed by atoms with van der Waals surface area (Å²) in [4.78, 5) is 14.9. The first kappa shape index (κ1) is 14.0. The number of carbonyl (C=O) groups is 1. The summed E-state index contributed by atoms with van der Waals surface area (Å²) in [7, 11) is 0. The Morgan fingerprint density at radius 2 is 2.05 bits per heavy atom. The lowest BCUT2D eigenvalue weighted by Gasteiger charge is -2.29. The van der Waals surface area contributed by atoms with Crippen molar-refractivity contribution in [1.29, 1.82) is 0 Å². The van der Waals surface area contributed by atoms with Crippen LogP contribution in [0.4, 0.5) is 5.69 Å². The topological polar surface area (TPSA) is 64.8 Å². The number of benzene rings is 1. The van der Waals surface area contributed by atoms with Crippen LogP contribution < -0.4 is 15.2 Å². The van der Waals surface area contributed by atoms with E-state index < -0.39 is 0 Å². The van der Waals surface area contributed by atoms with Gasteiger partial charge in [-0.1, -0.05) is 19.8 Å². The number of nitrogens with zero attached hydrogens (tertiary/aromatic N) is 1. The summed E-state index contributed by atoms with van der Waals surface area (Å²) in [5.41, 5.74) is 7.03. The number of fused-ring (bicyclic) bond motifs is 1. The standard InChI is InChI=1S/C16H22N2O3/c1-2-11-6-4-3-5-7-18(11)16(19)12-8-14-15(9-13(12)17)21-10-20-14/h8-9,11H,2-7,10,17H2,1H3. The second kappa shape index (κ2) is 5.84. The predicted molar refractivity (Wildman–Crippen MR) is 80.6 cm³/mol. The van der Waals surface area contributed by atoms with Crippen LogP contribution in [-0.2, 0) is 0 Å². The number of anilines is 1. The minimum absolute atomic E-state index is 0.0135. The molecule has 1 aromatic carbocycles. The Balaban J connectivity index is 1.90. The van der Waals surface area contributed by atoms with Crippen LogP contribution in [0.15, 0.2) is 12.1 Å². The number of carbonyl (C=O) groups excluding carboxylic acids is 1. The fourth-order valence-corrected chi connectivity index (χ4v) is 3.17. The third kappa shape index (κ3) is 2.64. The highest BCUT2D eigenvalue weighted by atomic mass is 16.7. The number of nitrogen functional groups attached to an aromatic ring is 1. The lowest BCUT2D eigenvalue weighted by Crippen LogP contribution is -2.40. The fourth-order valence-electron chi connectivity index (χ4n) is 3.17. The number of amides is 1. The van der Waals surface area contributed by atoms with Gasteiger partial charge in [0.2, 0.25) is 6.79 Å². The minimum Gasteiger partial charge on any atom is -0.454 e. The van der Waals surface area contributed by atoms with Gasteiger partial charge in [0.05, 0.1) is 5.56 Å². The van der Waals surface area contributed by atoms with Gasteiger partial charge in [-0.05, 0) is 25.3 Å². The van der Waals surface area contributed by atoms with Gasteiger partial charge in [0.1, 0.15) is 0 Å². The average Bonchev–Trinajstić information content (AvgIpc) is 2.80. The van der Waals surface area contributed by atoms with Gasteiger partial charge in [0, 0.05) is 24.3 Å². The van der Waals surface area contributed by atoms with E-state index in [0.717, 1.165) is 25.8 Å². The van der Waals surface area contributed by atoms with Gasteiger partial charge < -0.3 is 20.1 Å². The monoisotopic (exact) mass is 290 g/mol. The maximum absolute atomic E-state index is 12.9. The normalized spacial score (nSPS) is 21.2. The molecule has 1 aromatic rings. The van der Waals surface area contributed by atoms with Gasteiger partial charge >= 0.3 is 0 Å². The van der Waals surface area contributed by atoms with E-state index in [2.05, 4.69) is 6.92 Å². The van der Waals surface area contributed by atoms with Crippen molar-refractivity contribution in [2.75, 3.05) is 19.1 Å². The molecule has 1 atom stereocenters. The molecule has 114 valence electrons. The molecule has 0 aliphatic carbocycles. The highest BCUT2D eigenvalue weighted by Gasteiger charge is 2.28. The molecule has 3 rings (SSSR count). The van der Waals surface area contributed by atoms with Crippen LogP contribution in [0.5, 0.6) is 11.5 Å². The van der Waals surface area contributed by atoms with Crippen LogP contribution in [0.2, 0.25) is 0 Å². The van der Waals surface area contributed by atoms with Gasteiger partial charge in [0.25, 0.3) is 5.91 Å². The Kier molecular flexibility index (Phi) is 3.90. The SMILES string of the molecule is CCC1CCCCCN1C(=O)c1cc2c(cc1N)OCO2. The highest BCUT2D eigenvalue weighted by molar-refractivity contribution is 6.00. The number of ether oxygens (including phenoxy) is 2. The van der Waals surface area contributed by atoms with Crippen LogP contribution in [0.1, 0.15) is 49.4 Å². The molecule has 0 spiro atoms. The van der Waals surface area contributed by atoms with E-state index in [1.807, 2.05) is 4.90 Å². The van der Waals surface area contributed by atoms with E-state index in [0.29, 0.717) is 28.8 Å². The van der Waals surface area contributed by atoms with E-state index in [4.69, 9.17) is 15.2 Å². The van der Waals surface area contributed by atoms with Gasteiger partial charge in [-0.25, -0.2) is 0 Å². The quantitative estimate of drug-likeness (QED) is 0.851. The second-order valence-electron chi connectivity index (χ2n) is 5.70. The van der Waals surface area contributed by atoms with Gasteiger partial charge in [-0.3, -0.25) is 4.79 Å². The third-order valence-corrected chi connectivity index (χ3v) is 4.38. The molecule has 1 amide bonds. The number of hydrogen-bond donors (Lipinski definition) is 1. The zero-order valence-corrected chi connectivity index (χ0v) is 12.4. The van der Waals surface area contributed by atoms with Crippen molar-refractivity contribution in [1.82, 2.24) is 4.90 Å². The van der Waals surface area contributed by atoms with Crippen molar-refractivity contribution in [2.45, 2.75) is 45.1 Å². The second-order valence-corrected chi connectivity index (χ2v) is 5.70. The molecule has 1 saturated heterocycles. The van der Waals surface area contributed by atoms with Crippen molar-refractivity contribution in [3.05, 3.63) is 17.7 Å². The molecule has 5 nitrogen and oxygen atoms in total. The van der Waals surface area contributed by atoms with Crippen LogP contribution in [0, 0.1) is 0 Å². The summed E-state index contributed by atoms with van der Waals surface area (Å²) in [5, 5.41) is 0. The summed E-state index contributed by atoms with van der Waals surface area (Å²) >= 11 is 0. The van der Waals surface area contributed by atoms with Crippen LogP contribution in [0.3, 0.4) is 0 Å². The predicted octanol–water partition coefficient (Wildman–Crippen LogP) is 2.79. The molecule has 2 N–H and O–H groups in total. The van der Waals surface area contributed by atoms with Crippen molar-refractivity contribution in [3.63, 3.8) is 0 Å². The number of hydrogen-bond acceptors (Lipinski definition) is 4. The summed E-state index contributed by atoms with van der Waals surface area (Å²) in [5.74, 6) is 1.24. The molecule has 5 heteroatoms. The molecule has 0 radical (unpaired) electrons. The first-order valence-electron chi connectivity index (χ1n) is 7.70. The highest BCUT2D eigenvalue weighted by Crippen LogP contribution is 2.36. The largest absolute Gasteiger partial charge is 0.454 e. The number of rotatable bonds is 2. The van der Waals surface area contributed by atoms with E-state index >= 15 is 0 Å². The first-order valence-corrected chi connectivity index (χ1v) is 7.70. The third-order valence-electron chi connectivity index (χ3n) is 4.38. The maximum atomic E-state index is 12.9. The molecular formula is C16H22N2O3. The fraction of sp³-hybridized carbons (Fsp3) is 0.562. The molecular weight excluding hydrogens is 268 g/mol. The lowest BCUT2D eigenvalue weighted by atomic mass is 10.1. The number of nitrogens with two attached hydrogens (primary N) is 1. The smallest absolute Gasteiger partial charge is 0.256 e. The molecule has 0 aromatic heterocycles. The van der Waals surface area contributed by atoms with Crippen molar-refractivity contribution >= 4 is 11.6 Å². The van der Waals surface area contributed by atoms with Crippen molar-refractivity contribution in [2.24, 2.45) is 0 Å². The van der Waals surface area contributed by atoms with Crippen LogP contribution in [-0.4, -0.2) is 30.2 Å². The molecule has 2 aliphatic heterocycles. The molecule has 0 bridgehead atoms. The van der Waals surface area contributed by atoms with Gasteiger partial charge in [0.15, 0.2) is 11.5 Å². The molecule has 2 aliphatic rings. The molecule has 21 heavy (non-hydrogen) atoms. The Hall–Kier alpha value is -1.91. The number of likely N-dealkylation sites (tertiary alicyclic amines) is 1. The summed E-state index contributed by atoms with van der Waals surface area (Å²) < 4.78 is 10.7. The average molecular weight is 290 g/mol. The molecule has 2 heterocycles. The molecule has 1 unspecified atom stereocenters. The molecule has 0 saturated carbocycles. The van der Waals surface area contributed by atoms with E-state index in [1.165, 1.54) is 12.8 Å². The maximum Gasteiger partial charge on any atom is 0.256 e. The Morgan fingerprint density at radius 1 is 1.29 bits per heavy atom. The summed E-state index contributed by atoms with van der Waals surface area (Å²) in [6.45, 7) is 3.14. The van der Waals surface area contributed by atoms with E-state index in [9.17, 15) is 4.79 Å². The first-order chi connectivity index (χ1) is 10.2. The van der Waals surface area contributed by atoms with Crippen LogP contribution in [0.25, 0.3) is 0 Å². The minimum atomic E-state index is 0.0135. The lowest BCUT2D eigenvalue weighted by molar-refractivity contribution is 0.0679. The Labute approximate surface area is 125 Å². The van der Waals surface area contributed by atoms with Crippen LogP contribution >= 0.6 is 0 Å². The summed E-state index contributed by atoms with van der Waals surface area (Å²) in [6.07, 6.45) is 5.51. The van der Waals surface area contributed by atoms with Gasteiger partial charge in [-0.15, -0.1) is 0 Å². The van der Waals surface area contributed by atoms with E-state index in [-0.39, 0.29) is 12.7 Å². The molecule has 1 fully saturated rings. The van der Waals surface area contributed by atoms with Crippen molar-refractivity contribution < 1.29 is 14.3 Å². The Morgan fingerprint density at radius 3 is 2.81 bits per heavy atom. The Bertz CT molecular complexity index is 545. The van der Waals surface area contributed by atoms with Crippen molar-refractivity contribution in [3.8, 4) is 11.5 Å². The van der Waals surface area contributed by atoms with Gasteiger partial charge in [-0.2, -0.15) is 0 Å². The zero-order valence-electron chi connectivity index (χ0n) is 12.4. The summed E-state index contributed by atoms with van der Waals surface area (Å²) in [6, 6.07) is 3.72.